The Morgan fingerprint density at radius 1 is 1.29 bits per heavy atom. The summed E-state index contributed by atoms with van der Waals surface area (Å²) in [5.41, 5.74) is 2.05. The molecule has 3 heteroatoms. The minimum atomic E-state index is -1.74. The maximum atomic E-state index is 9.18. The van der Waals surface area contributed by atoms with Crippen LogP contribution >= 0.6 is 0 Å². The van der Waals surface area contributed by atoms with E-state index in [4.69, 9.17) is 4.43 Å². The second kappa shape index (κ2) is 7.39. The molecule has 0 bridgehead atoms. The van der Waals surface area contributed by atoms with Crippen molar-refractivity contribution in [2.45, 2.75) is 65.0 Å². The Hall–Kier alpha value is -0.903. The minimum absolute atomic E-state index is 0.0827. The van der Waals surface area contributed by atoms with Crippen LogP contribution in [0.5, 0.6) is 0 Å². The first kappa shape index (κ1) is 18.1. The Morgan fingerprint density at radius 2 is 1.95 bits per heavy atom. The van der Waals surface area contributed by atoms with Crippen molar-refractivity contribution in [3.05, 3.63) is 41.5 Å². The van der Waals surface area contributed by atoms with Gasteiger partial charge in [-0.1, -0.05) is 58.0 Å². The SMILES string of the molecule is CC[C@H](/C=C/c1cccc(CO)c1)O[Si](C)(C)C(C)(C)C. The normalized spacial score (nSPS) is 14.6. The van der Waals surface area contributed by atoms with Gasteiger partial charge in [0.1, 0.15) is 0 Å². The topological polar surface area (TPSA) is 29.5 Å². The molecule has 0 radical (unpaired) electrons. The van der Waals surface area contributed by atoms with Crippen molar-refractivity contribution in [1.82, 2.24) is 0 Å². The summed E-state index contributed by atoms with van der Waals surface area (Å²) < 4.78 is 6.43. The van der Waals surface area contributed by atoms with Crippen LogP contribution in [0.2, 0.25) is 18.1 Å². The minimum Gasteiger partial charge on any atom is -0.411 e. The van der Waals surface area contributed by atoms with Gasteiger partial charge in [0.15, 0.2) is 8.32 Å². The molecule has 1 N–H and O–H groups in total. The van der Waals surface area contributed by atoms with E-state index in [2.05, 4.69) is 59.0 Å². The number of aliphatic hydroxyl groups excluding tert-OH is 1. The van der Waals surface area contributed by atoms with Gasteiger partial charge in [-0.05, 0) is 41.7 Å². The van der Waals surface area contributed by atoms with Gasteiger partial charge >= 0.3 is 0 Å². The van der Waals surface area contributed by atoms with Crippen molar-refractivity contribution < 1.29 is 9.53 Å². The molecule has 0 spiro atoms. The molecule has 0 heterocycles. The summed E-state index contributed by atoms with van der Waals surface area (Å²) in [4.78, 5) is 0. The molecule has 1 aromatic rings. The fourth-order valence-electron chi connectivity index (χ4n) is 1.83. The summed E-state index contributed by atoms with van der Waals surface area (Å²) >= 11 is 0. The largest absolute Gasteiger partial charge is 0.411 e. The monoisotopic (exact) mass is 306 g/mol. The molecule has 1 aromatic carbocycles. The van der Waals surface area contributed by atoms with E-state index in [9.17, 15) is 5.11 Å². The maximum absolute atomic E-state index is 9.18. The quantitative estimate of drug-likeness (QED) is 0.750. The summed E-state index contributed by atoms with van der Waals surface area (Å²) in [5.74, 6) is 0. The molecule has 21 heavy (non-hydrogen) atoms. The van der Waals surface area contributed by atoms with Crippen molar-refractivity contribution in [2.24, 2.45) is 0 Å². The highest BCUT2D eigenvalue weighted by Gasteiger charge is 2.38. The molecular formula is C18H30O2Si. The summed E-state index contributed by atoms with van der Waals surface area (Å²) in [6.45, 7) is 13.6. The first-order chi connectivity index (χ1) is 9.69. The van der Waals surface area contributed by atoms with Crippen molar-refractivity contribution in [1.29, 1.82) is 0 Å². The highest BCUT2D eigenvalue weighted by molar-refractivity contribution is 6.74. The van der Waals surface area contributed by atoms with Crippen LogP contribution in [-0.2, 0) is 11.0 Å². The van der Waals surface area contributed by atoms with Crippen LogP contribution in [0.4, 0.5) is 0 Å². The van der Waals surface area contributed by atoms with Crippen molar-refractivity contribution in [3.8, 4) is 0 Å². The maximum Gasteiger partial charge on any atom is 0.192 e. The lowest BCUT2D eigenvalue weighted by Crippen LogP contribution is -2.43. The summed E-state index contributed by atoms with van der Waals surface area (Å²) in [6.07, 6.45) is 5.38. The molecule has 0 unspecified atom stereocenters. The van der Waals surface area contributed by atoms with Gasteiger partial charge in [0.05, 0.1) is 12.7 Å². The average Bonchev–Trinajstić information content (AvgIpc) is 2.42. The van der Waals surface area contributed by atoms with Crippen LogP contribution < -0.4 is 0 Å². The van der Waals surface area contributed by atoms with E-state index in [0.29, 0.717) is 0 Å². The average molecular weight is 307 g/mol. The van der Waals surface area contributed by atoms with Gasteiger partial charge in [-0.15, -0.1) is 0 Å². The zero-order chi connectivity index (χ0) is 16.1. The molecule has 0 aliphatic heterocycles. The standard InChI is InChI=1S/C18H30O2Si/c1-7-17(20-21(5,6)18(2,3)4)12-11-15-9-8-10-16(13-15)14-19/h8-13,17,19H,7,14H2,1-6H3/b12-11+/t17-/m1/s1. The number of benzene rings is 1. The predicted octanol–water partition coefficient (Wildman–Crippen LogP) is 4.99. The van der Waals surface area contributed by atoms with Crippen LogP contribution in [-0.4, -0.2) is 19.5 Å². The highest BCUT2D eigenvalue weighted by atomic mass is 28.4. The second-order valence-electron chi connectivity index (χ2n) is 7.09. The van der Waals surface area contributed by atoms with Crippen molar-refractivity contribution >= 4 is 14.4 Å². The van der Waals surface area contributed by atoms with E-state index in [1.165, 1.54) is 0 Å². The molecule has 0 amide bonds. The Kier molecular flexibility index (Phi) is 6.38. The van der Waals surface area contributed by atoms with Gasteiger partial charge in [0, 0.05) is 0 Å². The third-order valence-corrected chi connectivity index (χ3v) is 8.80. The van der Waals surface area contributed by atoms with Gasteiger partial charge in [0.2, 0.25) is 0 Å². The lowest BCUT2D eigenvalue weighted by atomic mass is 10.1. The molecular weight excluding hydrogens is 276 g/mol. The van der Waals surface area contributed by atoms with E-state index in [1.807, 2.05) is 18.2 Å². The Balaban J connectivity index is 2.80. The highest BCUT2D eigenvalue weighted by Crippen LogP contribution is 2.37. The molecule has 0 aromatic heterocycles. The summed E-state index contributed by atoms with van der Waals surface area (Å²) in [6, 6.07) is 7.96. The fourth-order valence-corrected chi connectivity index (χ4v) is 3.18. The fraction of sp³-hybridized carbons (Fsp3) is 0.556. The van der Waals surface area contributed by atoms with E-state index in [-0.39, 0.29) is 17.7 Å². The Labute approximate surface area is 131 Å². The van der Waals surface area contributed by atoms with Crippen LogP contribution in [0, 0.1) is 0 Å². The summed E-state index contributed by atoms with van der Waals surface area (Å²) in [7, 11) is -1.74. The molecule has 1 rings (SSSR count). The molecule has 0 fully saturated rings. The number of aliphatic hydroxyl groups is 1. The van der Waals surface area contributed by atoms with Gasteiger partial charge in [-0.25, -0.2) is 0 Å². The van der Waals surface area contributed by atoms with Crippen molar-refractivity contribution in [3.63, 3.8) is 0 Å². The first-order valence-corrected chi connectivity index (χ1v) is 10.7. The van der Waals surface area contributed by atoms with Gasteiger partial charge in [0.25, 0.3) is 0 Å². The third kappa shape index (κ3) is 5.42. The third-order valence-electron chi connectivity index (χ3n) is 4.29. The van der Waals surface area contributed by atoms with E-state index < -0.39 is 8.32 Å². The molecule has 1 atom stereocenters. The van der Waals surface area contributed by atoms with Crippen LogP contribution in [0.25, 0.3) is 6.08 Å². The van der Waals surface area contributed by atoms with E-state index >= 15 is 0 Å². The van der Waals surface area contributed by atoms with Crippen molar-refractivity contribution in [2.75, 3.05) is 0 Å². The molecule has 0 saturated heterocycles. The van der Waals surface area contributed by atoms with Gasteiger partial charge < -0.3 is 9.53 Å². The number of hydrogen-bond donors (Lipinski definition) is 1. The lowest BCUT2D eigenvalue weighted by Gasteiger charge is -2.38. The van der Waals surface area contributed by atoms with Crippen LogP contribution in [0.1, 0.15) is 45.2 Å². The van der Waals surface area contributed by atoms with E-state index in [1.54, 1.807) is 0 Å². The smallest absolute Gasteiger partial charge is 0.192 e. The Bertz CT molecular complexity index is 472. The first-order valence-electron chi connectivity index (χ1n) is 7.75. The zero-order valence-corrected chi connectivity index (χ0v) is 15.3. The molecule has 2 nitrogen and oxygen atoms in total. The van der Waals surface area contributed by atoms with Crippen LogP contribution in [0.15, 0.2) is 30.3 Å². The number of hydrogen-bond acceptors (Lipinski definition) is 2. The molecule has 0 aliphatic carbocycles. The lowest BCUT2D eigenvalue weighted by molar-refractivity contribution is 0.221. The molecule has 0 saturated carbocycles. The van der Waals surface area contributed by atoms with Gasteiger partial charge in [-0.2, -0.15) is 0 Å². The predicted molar refractivity (Wildman–Crippen MR) is 93.8 cm³/mol. The Morgan fingerprint density at radius 3 is 2.48 bits per heavy atom. The van der Waals surface area contributed by atoms with Gasteiger partial charge in [-0.3, -0.25) is 0 Å². The van der Waals surface area contributed by atoms with E-state index in [0.717, 1.165) is 17.5 Å². The number of rotatable bonds is 6. The van der Waals surface area contributed by atoms with Crippen LogP contribution in [0.3, 0.4) is 0 Å². The second-order valence-corrected chi connectivity index (χ2v) is 11.8. The molecule has 118 valence electrons. The molecule has 0 aliphatic rings. The zero-order valence-electron chi connectivity index (χ0n) is 14.3. The summed E-state index contributed by atoms with van der Waals surface area (Å²) in [5, 5.41) is 9.41.